The van der Waals surface area contributed by atoms with Gasteiger partial charge in [-0.25, -0.2) is 18.4 Å². The Morgan fingerprint density at radius 1 is 0.432 bits per heavy atom. The maximum absolute atomic E-state index is 14.6. The molecule has 10 heterocycles. The zero-order chi connectivity index (χ0) is 83.9. The highest BCUT2D eigenvalue weighted by Gasteiger charge is 2.50. The molecular formula is C86H108F2N14O16. The first-order chi connectivity index (χ1) is 56.5. The van der Waals surface area contributed by atoms with E-state index >= 15 is 0 Å². The summed E-state index contributed by atoms with van der Waals surface area (Å²) in [6.45, 7) is 8.83. The first-order valence-corrected chi connectivity index (χ1v) is 41.7. The maximum Gasteiger partial charge on any atom is 0.328 e. The predicted molar refractivity (Wildman–Crippen MR) is 426 cm³/mol. The van der Waals surface area contributed by atoms with Crippen LogP contribution in [-0.2, 0) is 115 Å². The second kappa shape index (κ2) is 37.3. The fourth-order valence-corrected chi connectivity index (χ4v) is 18.5. The lowest BCUT2D eigenvalue weighted by Gasteiger charge is -2.39. The molecule has 4 aromatic rings. The van der Waals surface area contributed by atoms with Crippen LogP contribution in [0.25, 0.3) is 0 Å². The van der Waals surface area contributed by atoms with Crippen LogP contribution in [0.4, 0.5) is 20.2 Å². The molecule has 10 aliphatic heterocycles. The van der Waals surface area contributed by atoms with E-state index in [1.807, 2.05) is 94.7 Å². The number of benzene rings is 4. The zero-order valence-corrected chi connectivity index (χ0v) is 67.8. The molecule has 0 aromatic heterocycles. The number of cyclic esters (lactones) is 2. The van der Waals surface area contributed by atoms with Gasteiger partial charge in [-0.2, -0.15) is 0 Å². The Hall–Kier alpha value is -11.1. The number of amides is 12. The number of hydrogen-bond donors (Lipinski definition) is 6. The van der Waals surface area contributed by atoms with E-state index in [0.29, 0.717) is 76.0 Å². The van der Waals surface area contributed by atoms with Crippen molar-refractivity contribution in [3.05, 3.63) is 130 Å². The maximum atomic E-state index is 14.6. The topological polar surface area (TPSA) is 356 Å². The fraction of sp³-hybridized carbons (Fsp3) is 0.558. The van der Waals surface area contributed by atoms with Crippen molar-refractivity contribution in [3.63, 3.8) is 0 Å². The van der Waals surface area contributed by atoms with E-state index in [-0.39, 0.29) is 100 Å². The number of esters is 2. The zero-order valence-electron chi connectivity index (χ0n) is 67.8. The molecule has 32 heteroatoms. The molecule has 632 valence electrons. The van der Waals surface area contributed by atoms with Gasteiger partial charge in [-0.15, -0.1) is 0 Å². The molecule has 8 fully saturated rings. The number of piperidine rings is 2. The van der Waals surface area contributed by atoms with Crippen molar-refractivity contribution >= 4 is 94.2 Å². The normalized spacial score (nSPS) is 27.0. The summed E-state index contributed by atoms with van der Waals surface area (Å²) in [4.78, 5) is 209. The number of carbonyl (C=O) groups excluding carboxylic acids is 14. The van der Waals surface area contributed by atoms with Crippen LogP contribution in [0.3, 0.4) is 0 Å². The number of hydrogen-bond acceptors (Lipinski definition) is 18. The molecule has 0 saturated carbocycles. The smallest absolute Gasteiger partial charge is 0.328 e. The summed E-state index contributed by atoms with van der Waals surface area (Å²) in [6.07, 6.45) is 7.02. The molecule has 0 aliphatic carbocycles. The van der Waals surface area contributed by atoms with Crippen molar-refractivity contribution in [2.75, 3.05) is 89.5 Å². The molecule has 0 bridgehead atoms. The Morgan fingerprint density at radius 3 is 1.26 bits per heavy atom. The van der Waals surface area contributed by atoms with E-state index in [0.717, 1.165) is 78.1 Å². The molecule has 0 unspecified atom stereocenters. The summed E-state index contributed by atoms with van der Waals surface area (Å²) in [7, 11) is 4.01. The Balaban J connectivity index is 0.000000205. The van der Waals surface area contributed by atoms with Gasteiger partial charge in [0.15, 0.2) is 0 Å². The van der Waals surface area contributed by atoms with Gasteiger partial charge in [-0.05, 0) is 173 Å². The second-order valence-electron chi connectivity index (χ2n) is 33.5. The lowest BCUT2D eigenvalue weighted by Crippen LogP contribution is -2.62. The largest absolute Gasteiger partial charge is 0.461 e. The standard InChI is InChI=1S/C43H53F2N7O8.C43H55N7O8/c1-24-15-36-43(59)60-23-32(41(57)51-13-6-8-35(51)42(58)50-12-5-4-7-34(50)39(55)46-25(2)40(56)52(36)22-24)48-38(54)31(19-27-17-29(44)21-30(45)18-27)47-37(53)20-26-9-10-33-28(16-26)11-14-49(33)3;1-26-20-36-43(57)58-25-32(41(55)49-18-9-13-35(49)42(56)48-17-8-7-12-34(48)39(53)44-27(2)40(54)50(36)24-26)46-38(52)31(22-28-10-5-4-6-11-28)45-37(51)23-29-14-15-33-30(21-29)16-19-47(33)3/h9-10,16-18,21,24-25,31-32,34-36H,4-8,11-15,19-20,22-23H2,1-3H3,(H,46,55)(H,47,53)(H,48,54);4-6,10-11,14-15,21,26-27,31-32,34-36H,7-9,12-13,16-20,22-25H2,1-3H3,(H,44,53)(H,45,51)(H,46,52)/t24-,25+,31+,32+,34+,35+,36+;26-,27+,31+,32+,34+,35+,36+/m11/s1. The Kier molecular flexibility index (Phi) is 26.8. The van der Waals surface area contributed by atoms with Crippen LogP contribution in [0.2, 0.25) is 0 Å². The summed E-state index contributed by atoms with van der Waals surface area (Å²) in [5.41, 5.74) is 6.76. The molecule has 118 heavy (non-hydrogen) atoms. The quantitative estimate of drug-likeness (QED) is 0.0988. The van der Waals surface area contributed by atoms with Gasteiger partial charge in [-0.1, -0.05) is 68.4 Å². The summed E-state index contributed by atoms with van der Waals surface area (Å²) < 4.78 is 40.3. The average Bonchev–Trinajstić information content (AvgIpc) is 1.54. The van der Waals surface area contributed by atoms with Crippen LogP contribution >= 0.6 is 0 Å². The summed E-state index contributed by atoms with van der Waals surface area (Å²) in [5, 5.41) is 16.6. The SMILES string of the molecule is C[C@@H]1C[C@H]2C(=O)OC[C@H](NC(=O)[C@H](Cc3cc(F)cc(F)c3)NC(=O)Cc3ccc4c(c3)CCN4C)C(=O)N3CCC[C@H]3C(=O)N3CCCC[C@H]3C(=O)N[C@@H](C)C(=O)N2C1.C[C@@H]1C[C@H]2C(=O)OC[C@H](NC(=O)[C@H](Cc3ccccc3)NC(=O)Cc3ccc4c(c3)CCN4C)C(=O)N3CCC[C@H]3C(=O)N3CCCC[C@H]3C(=O)N[C@@H](C)C(=O)N2C1. The van der Waals surface area contributed by atoms with Gasteiger partial charge in [0, 0.05) is 96.7 Å². The van der Waals surface area contributed by atoms with Gasteiger partial charge in [0.05, 0.1) is 12.8 Å². The third-order valence-corrected chi connectivity index (χ3v) is 24.6. The van der Waals surface area contributed by atoms with Crippen molar-refractivity contribution in [1.29, 1.82) is 0 Å². The number of anilines is 2. The highest BCUT2D eigenvalue weighted by molar-refractivity contribution is 6.00. The van der Waals surface area contributed by atoms with Crippen LogP contribution in [-0.4, -0.2) is 264 Å². The third kappa shape index (κ3) is 19.5. The number of nitrogens with one attached hydrogen (secondary N) is 6. The molecule has 0 radical (unpaired) electrons. The minimum Gasteiger partial charge on any atom is -0.461 e. The van der Waals surface area contributed by atoms with Crippen molar-refractivity contribution in [2.45, 2.75) is 216 Å². The number of carbonyl (C=O) groups is 14. The van der Waals surface area contributed by atoms with Crippen molar-refractivity contribution < 1.29 is 85.4 Å². The fourth-order valence-electron chi connectivity index (χ4n) is 18.5. The van der Waals surface area contributed by atoms with Crippen LogP contribution in [0.15, 0.2) is 84.9 Å². The van der Waals surface area contributed by atoms with Crippen molar-refractivity contribution in [2.24, 2.45) is 11.8 Å². The number of halogens is 2. The number of ether oxygens (including phenoxy) is 2. The van der Waals surface area contributed by atoms with Crippen molar-refractivity contribution in [3.8, 4) is 0 Å². The van der Waals surface area contributed by atoms with Gasteiger partial charge in [-0.3, -0.25) is 57.5 Å². The third-order valence-electron chi connectivity index (χ3n) is 24.6. The Labute approximate surface area is 684 Å². The minimum atomic E-state index is -1.57. The molecule has 12 amide bonds. The molecule has 30 nitrogen and oxygen atoms in total. The minimum absolute atomic E-state index is 0.0380. The van der Waals surface area contributed by atoms with E-state index in [1.165, 1.54) is 36.3 Å². The van der Waals surface area contributed by atoms with Gasteiger partial charge in [0.1, 0.15) is 97.4 Å². The predicted octanol–water partition coefficient (Wildman–Crippen LogP) is 2.49. The Morgan fingerprint density at radius 2 is 0.831 bits per heavy atom. The lowest BCUT2D eigenvalue weighted by atomic mass is 9.99. The highest BCUT2D eigenvalue weighted by atomic mass is 19.1. The van der Waals surface area contributed by atoms with Gasteiger partial charge in [0.2, 0.25) is 70.9 Å². The van der Waals surface area contributed by atoms with Gasteiger partial charge < -0.3 is 80.6 Å². The molecule has 0 spiro atoms. The summed E-state index contributed by atoms with van der Waals surface area (Å²) in [6, 6.07) is 10.5. The van der Waals surface area contributed by atoms with Gasteiger partial charge >= 0.3 is 11.9 Å². The van der Waals surface area contributed by atoms with Crippen LogP contribution in [0, 0.1) is 23.5 Å². The van der Waals surface area contributed by atoms with E-state index in [4.69, 9.17) is 9.47 Å². The molecule has 10 aliphatic rings. The number of likely N-dealkylation sites (N-methyl/N-ethyl adjacent to an activating group) is 2. The van der Waals surface area contributed by atoms with E-state index in [9.17, 15) is 75.9 Å². The van der Waals surface area contributed by atoms with Crippen LogP contribution < -0.4 is 41.7 Å². The lowest BCUT2D eigenvalue weighted by molar-refractivity contribution is -0.158. The molecule has 4 aromatic carbocycles. The van der Waals surface area contributed by atoms with Crippen LogP contribution in [0.5, 0.6) is 0 Å². The number of rotatable bonds is 14. The highest BCUT2D eigenvalue weighted by Crippen LogP contribution is 2.34. The molecule has 8 saturated heterocycles. The number of fused-ring (bicyclic) bond motifs is 8. The van der Waals surface area contributed by atoms with Crippen molar-refractivity contribution in [1.82, 2.24) is 61.3 Å². The molecule has 14 rings (SSSR count). The second-order valence-corrected chi connectivity index (χ2v) is 33.5. The van der Waals surface area contributed by atoms with E-state index in [1.54, 1.807) is 6.92 Å². The Bertz CT molecular complexity index is 4510. The van der Waals surface area contributed by atoms with Crippen LogP contribution in [0.1, 0.15) is 138 Å². The first-order valence-electron chi connectivity index (χ1n) is 41.7. The van der Waals surface area contributed by atoms with E-state index < -0.39 is 168 Å². The summed E-state index contributed by atoms with van der Waals surface area (Å²) >= 11 is 0. The first kappa shape index (κ1) is 84.8. The molecular weight excluding hydrogens is 1520 g/mol. The summed E-state index contributed by atoms with van der Waals surface area (Å²) in [5.74, 6) is -10.1. The molecule has 14 atom stereocenters. The van der Waals surface area contributed by atoms with Gasteiger partial charge in [0.25, 0.3) is 0 Å². The molecule has 6 N–H and O–H groups in total. The number of nitrogens with zero attached hydrogens (tertiary/aromatic N) is 8. The monoisotopic (exact) mass is 1630 g/mol. The van der Waals surface area contributed by atoms with E-state index in [2.05, 4.69) is 41.7 Å². The average molecular weight is 1630 g/mol.